The molecule has 0 saturated heterocycles. The molecular formula is C16H15NO4. The number of esters is 1. The van der Waals surface area contributed by atoms with Gasteiger partial charge in [0.1, 0.15) is 5.75 Å². The van der Waals surface area contributed by atoms with Crippen LogP contribution in [0.15, 0.2) is 54.6 Å². The molecule has 0 aliphatic carbocycles. The number of hydrogen-bond acceptors (Lipinski definition) is 4. The Morgan fingerprint density at radius 1 is 1.00 bits per heavy atom. The maximum atomic E-state index is 11.7. The summed E-state index contributed by atoms with van der Waals surface area (Å²) >= 11 is 0. The Morgan fingerprint density at radius 2 is 1.67 bits per heavy atom. The summed E-state index contributed by atoms with van der Waals surface area (Å²) in [5.74, 6) is -0.160. The second-order valence-corrected chi connectivity index (χ2v) is 4.22. The zero-order chi connectivity index (χ0) is 15.1. The summed E-state index contributed by atoms with van der Waals surface area (Å²) in [7, 11) is 1.32. The summed E-state index contributed by atoms with van der Waals surface area (Å²) in [6.07, 6.45) is 0. The molecule has 0 radical (unpaired) electrons. The molecule has 0 bridgehead atoms. The number of rotatable bonds is 5. The highest BCUT2D eigenvalue weighted by Crippen LogP contribution is 2.13. The van der Waals surface area contributed by atoms with Crippen molar-refractivity contribution in [1.29, 1.82) is 0 Å². The van der Waals surface area contributed by atoms with Crippen molar-refractivity contribution in [2.45, 2.75) is 0 Å². The van der Waals surface area contributed by atoms with Gasteiger partial charge in [-0.05, 0) is 36.4 Å². The van der Waals surface area contributed by atoms with Gasteiger partial charge in [-0.25, -0.2) is 4.79 Å². The third-order valence-electron chi connectivity index (χ3n) is 2.70. The van der Waals surface area contributed by atoms with Gasteiger partial charge in [-0.1, -0.05) is 18.2 Å². The Bertz CT molecular complexity index is 608. The minimum absolute atomic E-state index is 0.105. The van der Waals surface area contributed by atoms with Gasteiger partial charge >= 0.3 is 5.97 Å². The van der Waals surface area contributed by atoms with Crippen LogP contribution in [0.2, 0.25) is 0 Å². The molecule has 0 fully saturated rings. The van der Waals surface area contributed by atoms with E-state index in [2.05, 4.69) is 10.1 Å². The van der Waals surface area contributed by atoms with Crippen LogP contribution in [0.4, 0.5) is 5.69 Å². The highest BCUT2D eigenvalue weighted by Gasteiger charge is 2.06. The Hall–Kier alpha value is -2.82. The molecule has 0 aromatic heterocycles. The average Bonchev–Trinajstić information content (AvgIpc) is 2.53. The van der Waals surface area contributed by atoms with E-state index < -0.39 is 5.97 Å². The normalized spacial score (nSPS) is 9.76. The lowest BCUT2D eigenvalue weighted by atomic mass is 10.2. The lowest BCUT2D eigenvalue weighted by Crippen LogP contribution is -2.20. The van der Waals surface area contributed by atoms with Crippen molar-refractivity contribution >= 4 is 17.6 Å². The first-order valence-electron chi connectivity index (χ1n) is 6.35. The van der Waals surface area contributed by atoms with Crippen LogP contribution in [0.1, 0.15) is 10.4 Å². The molecule has 2 rings (SSSR count). The van der Waals surface area contributed by atoms with Gasteiger partial charge in [-0.2, -0.15) is 0 Å². The maximum absolute atomic E-state index is 11.7. The minimum Gasteiger partial charge on any atom is -0.484 e. The summed E-state index contributed by atoms with van der Waals surface area (Å²) < 4.78 is 9.94. The average molecular weight is 285 g/mol. The third kappa shape index (κ3) is 4.35. The Balaban J connectivity index is 1.85. The second-order valence-electron chi connectivity index (χ2n) is 4.22. The number of carbonyl (C=O) groups excluding carboxylic acids is 2. The molecule has 0 saturated carbocycles. The van der Waals surface area contributed by atoms with Crippen molar-refractivity contribution in [3.05, 3.63) is 60.2 Å². The van der Waals surface area contributed by atoms with Crippen molar-refractivity contribution in [2.24, 2.45) is 0 Å². The summed E-state index contributed by atoms with van der Waals surface area (Å²) in [5.41, 5.74) is 1.14. The first kappa shape index (κ1) is 14.6. The molecule has 2 aromatic rings. The molecule has 0 heterocycles. The second kappa shape index (κ2) is 7.09. The number of carbonyl (C=O) groups is 2. The lowest BCUT2D eigenvalue weighted by molar-refractivity contribution is -0.118. The molecule has 0 aliphatic rings. The van der Waals surface area contributed by atoms with Gasteiger partial charge in [0.25, 0.3) is 5.91 Å². The molecule has 1 N–H and O–H groups in total. The Kier molecular flexibility index (Phi) is 4.93. The van der Waals surface area contributed by atoms with E-state index in [9.17, 15) is 9.59 Å². The molecular weight excluding hydrogens is 270 g/mol. The SMILES string of the molecule is COC(=O)c1ccc(OCC(=O)Nc2ccccc2)cc1. The van der Waals surface area contributed by atoms with Crippen molar-refractivity contribution in [3.63, 3.8) is 0 Å². The van der Waals surface area contributed by atoms with Crippen LogP contribution < -0.4 is 10.1 Å². The molecule has 5 heteroatoms. The van der Waals surface area contributed by atoms with E-state index in [4.69, 9.17) is 4.74 Å². The maximum Gasteiger partial charge on any atom is 0.337 e. The fourth-order valence-corrected chi connectivity index (χ4v) is 1.67. The number of methoxy groups -OCH3 is 1. The number of nitrogens with one attached hydrogen (secondary N) is 1. The molecule has 2 aromatic carbocycles. The summed E-state index contributed by atoms with van der Waals surface area (Å²) in [6.45, 7) is -0.105. The number of anilines is 1. The molecule has 5 nitrogen and oxygen atoms in total. The van der Waals surface area contributed by atoms with Gasteiger partial charge in [0.2, 0.25) is 0 Å². The number of hydrogen-bond donors (Lipinski definition) is 1. The van der Waals surface area contributed by atoms with Gasteiger partial charge < -0.3 is 14.8 Å². The predicted octanol–water partition coefficient (Wildman–Crippen LogP) is 2.49. The monoisotopic (exact) mass is 285 g/mol. The Labute approximate surface area is 122 Å². The fraction of sp³-hybridized carbons (Fsp3) is 0.125. The van der Waals surface area contributed by atoms with Crippen LogP contribution >= 0.6 is 0 Å². The molecule has 0 atom stereocenters. The van der Waals surface area contributed by atoms with Crippen LogP contribution in [0.5, 0.6) is 5.75 Å². The van der Waals surface area contributed by atoms with Crippen LogP contribution in [0, 0.1) is 0 Å². The summed E-state index contributed by atoms with van der Waals surface area (Å²) in [5, 5.41) is 2.71. The number of benzene rings is 2. The zero-order valence-electron chi connectivity index (χ0n) is 11.5. The van der Waals surface area contributed by atoms with Crippen LogP contribution in [-0.4, -0.2) is 25.6 Å². The van der Waals surface area contributed by atoms with E-state index in [1.54, 1.807) is 36.4 Å². The number of amides is 1. The molecule has 108 valence electrons. The first-order valence-corrected chi connectivity index (χ1v) is 6.35. The van der Waals surface area contributed by atoms with E-state index in [0.29, 0.717) is 17.0 Å². The van der Waals surface area contributed by atoms with Crippen molar-refractivity contribution < 1.29 is 19.1 Å². The topological polar surface area (TPSA) is 64.6 Å². The number of para-hydroxylation sites is 1. The highest BCUT2D eigenvalue weighted by atomic mass is 16.5. The van der Waals surface area contributed by atoms with Crippen LogP contribution in [-0.2, 0) is 9.53 Å². The molecule has 0 spiro atoms. The van der Waals surface area contributed by atoms with Crippen LogP contribution in [0.25, 0.3) is 0 Å². The fourth-order valence-electron chi connectivity index (χ4n) is 1.67. The lowest BCUT2D eigenvalue weighted by Gasteiger charge is -2.07. The number of ether oxygens (including phenoxy) is 2. The summed E-state index contributed by atoms with van der Waals surface area (Å²) in [6, 6.07) is 15.5. The first-order chi connectivity index (χ1) is 10.2. The predicted molar refractivity (Wildman–Crippen MR) is 78.3 cm³/mol. The Morgan fingerprint density at radius 3 is 2.29 bits per heavy atom. The van der Waals surface area contributed by atoms with Gasteiger partial charge in [0.15, 0.2) is 6.61 Å². The van der Waals surface area contributed by atoms with E-state index in [1.165, 1.54) is 7.11 Å². The third-order valence-corrected chi connectivity index (χ3v) is 2.70. The zero-order valence-corrected chi connectivity index (χ0v) is 11.5. The van der Waals surface area contributed by atoms with Crippen LogP contribution in [0.3, 0.4) is 0 Å². The van der Waals surface area contributed by atoms with Gasteiger partial charge in [-0.3, -0.25) is 4.79 Å². The highest BCUT2D eigenvalue weighted by molar-refractivity contribution is 5.92. The van der Waals surface area contributed by atoms with E-state index in [0.717, 1.165) is 0 Å². The van der Waals surface area contributed by atoms with Gasteiger partial charge in [0.05, 0.1) is 12.7 Å². The quantitative estimate of drug-likeness (QED) is 0.857. The standard InChI is InChI=1S/C16H15NO4/c1-20-16(19)12-7-9-14(10-8-12)21-11-15(18)17-13-5-3-2-4-6-13/h2-10H,11H2,1H3,(H,17,18). The van der Waals surface area contributed by atoms with E-state index >= 15 is 0 Å². The summed E-state index contributed by atoms with van der Waals surface area (Å²) in [4.78, 5) is 23.0. The van der Waals surface area contributed by atoms with E-state index in [1.807, 2.05) is 18.2 Å². The van der Waals surface area contributed by atoms with Crippen molar-refractivity contribution in [1.82, 2.24) is 0 Å². The molecule has 1 amide bonds. The smallest absolute Gasteiger partial charge is 0.337 e. The molecule has 0 unspecified atom stereocenters. The largest absolute Gasteiger partial charge is 0.484 e. The minimum atomic E-state index is -0.414. The van der Waals surface area contributed by atoms with Gasteiger partial charge in [0, 0.05) is 5.69 Å². The van der Waals surface area contributed by atoms with E-state index in [-0.39, 0.29) is 12.5 Å². The molecule has 0 aliphatic heterocycles. The van der Waals surface area contributed by atoms with Crippen molar-refractivity contribution in [2.75, 3.05) is 19.0 Å². The molecule has 21 heavy (non-hydrogen) atoms. The van der Waals surface area contributed by atoms with Crippen molar-refractivity contribution in [3.8, 4) is 5.75 Å². The van der Waals surface area contributed by atoms with Gasteiger partial charge in [-0.15, -0.1) is 0 Å².